The van der Waals surface area contributed by atoms with Crippen LogP contribution in [0.1, 0.15) is 62.5 Å². The van der Waals surface area contributed by atoms with Gasteiger partial charge >= 0.3 is 0 Å². The molecule has 0 aromatic heterocycles. The summed E-state index contributed by atoms with van der Waals surface area (Å²) in [5.41, 5.74) is 2.28. The van der Waals surface area contributed by atoms with Crippen molar-refractivity contribution in [2.24, 2.45) is 5.92 Å². The van der Waals surface area contributed by atoms with E-state index in [1.807, 2.05) is 6.07 Å². The van der Waals surface area contributed by atoms with Gasteiger partial charge in [-0.25, -0.2) is 0 Å². The Balaban J connectivity index is 2.05. The Hall–Kier alpha value is -1.31. The van der Waals surface area contributed by atoms with E-state index in [4.69, 9.17) is 10.1 Å². The summed E-state index contributed by atoms with van der Waals surface area (Å²) in [4.78, 5) is 0. The van der Waals surface area contributed by atoms with Crippen molar-refractivity contribution < 1.29 is 4.74 Å². The molecular weight excluding hydrogens is 234 g/mol. The fourth-order valence-electron chi connectivity index (χ4n) is 3.31. The molecule has 2 heteroatoms. The summed E-state index contributed by atoms with van der Waals surface area (Å²) in [6.45, 7) is 2.28. The van der Waals surface area contributed by atoms with Crippen molar-refractivity contribution in [2.45, 2.75) is 51.4 Å². The van der Waals surface area contributed by atoms with Crippen LogP contribution in [0.5, 0.6) is 5.75 Å². The molecule has 1 aromatic carbocycles. The summed E-state index contributed by atoms with van der Waals surface area (Å²) in [6.07, 6.45) is 9.43. The van der Waals surface area contributed by atoms with Crippen molar-refractivity contribution >= 4 is 6.21 Å². The Bertz CT molecular complexity index is 419. The standard InChI is InChI=1S/C17H25NO/c1-3-4-13-5-7-14(8-6-13)15-9-10-17(19-2)16(11-15)12-18/h9-14,18H,3-8H2,1-2H3. The van der Waals surface area contributed by atoms with Crippen molar-refractivity contribution in [2.75, 3.05) is 7.11 Å². The lowest BCUT2D eigenvalue weighted by Crippen LogP contribution is -2.13. The SMILES string of the molecule is CCCC1CCC(c2ccc(OC)c(C=N)c2)CC1. The number of hydrogen-bond donors (Lipinski definition) is 1. The topological polar surface area (TPSA) is 33.1 Å². The molecule has 1 aliphatic carbocycles. The maximum Gasteiger partial charge on any atom is 0.127 e. The van der Waals surface area contributed by atoms with Gasteiger partial charge in [0.1, 0.15) is 5.75 Å². The summed E-state index contributed by atoms with van der Waals surface area (Å²) in [7, 11) is 1.66. The molecule has 0 aliphatic heterocycles. The average Bonchev–Trinajstić information content (AvgIpc) is 2.47. The first-order valence-electron chi connectivity index (χ1n) is 7.46. The van der Waals surface area contributed by atoms with Crippen molar-refractivity contribution in [1.82, 2.24) is 0 Å². The molecule has 0 spiro atoms. The average molecular weight is 259 g/mol. The second-order valence-electron chi connectivity index (χ2n) is 5.65. The molecule has 0 radical (unpaired) electrons. The predicted molar refractivity (Wildman–Crippen MR) is 80.5 cm³/mol. The van der Waals surface area contributed by atoms with Crippen molar-refractivity contribution in [3.63, 3.8) is 0 Å². The molecule has 1 aromatic rings. The highest BCUT2D eigenvalue weighted by molar-refractivity contribution is 5.81. The van der Waals surface area contributed by atoms with E-state index in [1.54, 1.807) is 7.11 Å². The Labute approximate surface area is 116 Å². The first-order valence-corrected chi connectivity index (χ1v) is 7.46. The van der Waals surface area contributed by atoms with Gasteiger partial charge < -0.3 is 10.1 Å². The quantitative estimate of drug-likeness (QED) is 0.759. The molecule has 0 amide bonds. The van der Waals surface area contributed by atoms with Crippen LogP contribution >= 0.6 is 0 Å². The minimum Gasteiger partial charge on any atom is -0.496 e. The van der Waals surface area contributed by atoms with Crippen LogP contribution in [-0.2, 0) is 0 Å². The van der Waals surface area contributed by atoms with Crippen LogP contribution in [0, 0.1) is 11.3 Å². The van der Waals surface area contributed by atoms with Gasteiger partial charge in [-0.05, 0) is 55.2 Å². The zero-order valence-electron chi connectivity index (χ0n) is 12.1. The van der Waals surface area contributed by atoms with E-state index in [9.17, 15) is 0 Å². The van der Waals surface area contributed by atoms with Gasteiger partial charge in [0.2, 0.25) is 0 Å². The van der Waals surface area contributed by atoms with Crippen LogP contribution in [0.4, 0.5) is 0 Å². The van der Waals surface area contributed by atoms with Gasteiger partial charge in [0, 0.05) is 11.8 Å². The van der Waals surface area contributed by atoms with Gasteiger partial charge in [0.15, 0.2) is 0 Å². The minimum atomic E-state index is 0.678. The zero-order chi connectivity index (χ0) is 13.7. The van der Waals surface area contributed by atoms with E-state index in [1.165, 1.54) is 50.3 Å². The number of ether oxygens (including phenoxy) is 1. The molecule has 1 N–H and O–H groups in total. The number of hydrogen-bond acceptors (Lipinski definition) is 2. The molecule has 1 fully saturated rings. The summed E-state index contributed by atoms with van der Waals surface area (Å²) in [5, 5.41) is 7.48. The largest absolute Gasteiger partial charge is 0.496 e. The number of methoxy groups -OCH3 is 1. The summed E-state index contributed by atoms with van der Waals surface area (Å²) < 4.78 is 5.28. The third-order valence-corrected chi connectivity index (χ3v) is 4.42. The predicted octanol–water partition coefficient (Wildman–Crippen LogP) is 4.77. The highest BCUT2D eigenvalue weighted by Crippen LogP contribution is 2.38. The van der Waals surface area contributed by atoms with Gasteiger partial charge in [-0.3, -0.25) is 0 Å². The van der Waals surface area contributed by atoms with Gasteiger partial charge in [-0.15, -0.1) is 0 Å². The van der Waals surface area contributed by atoms with Crippen LogP contribution in [-0.4, -0.2) is 13.3 Å². The second-order valence-corrected chi connectivity index (χ2v) is 5.65. The van der Waals surface area contributed by atoms with Crippen molar-refractivity contribution in [3.8, 4) is 5.75 Å². The molecule has 0 unspecified atom stereocenters. The second kappa shape index (κ2) is 6.74. The molecule has 1 saturated carbocycles. The molecule has 2 rings (SSSR count). The summed E-state index contributed by atoms with van der Waals surface area (Å²) >= 11 is 0. The van der Waals surface area contributed by atoms with E-state index in [-0.39, 0.29) is 0 Å². The minimum absolute atomic E-state index is 0.678. The summed E-state index contributed by atoms with van der Waals surface area (Å²) in [5.74, 6) is 2.43. The molecule has 19 heavy (non-hydrogen) atoms. The molecular formula is C17H25NO. The molecule has 2 nitrogen and oxygen atoms in total. The van der Waals surface area contributed by atoms with Crippen LogP contribution in [0.25, 0.3) is 0 Å². The van der Waals surface area contributed by atoms with Crippen LogP contribution < -0.4 is 4.74 Å². The smallest absolute Gasteiger partial charge is 0.127 e. The number of nitrogens with one attached hydrogen (secondary N) is 1. The van der Waals surface area contributed by atoms with Gasteiger partial charge in [0.05, 0.1) is 7.11 Å². The Kier molecular flexibility index (Phi) is 5.00. The fraction of sp³-hybridized carbons (Fsp3) is 0.588. The monoisotopic (exact) mass is 259 g/mol. The Morgan fingerprint density at radius 1 is 1.26 bits per heavy atom. The third kappa shape index (κ3) is 3.37. The maximum absolute atomic E-state index is 7.48. The first kappa shape index (κ1) is 14.1. The van der Waals surface area contributed by atoms with E-state index in [2.05, 4.69) is 19.1 Å². The Morgan fingerprint density at radius 3 is 2.58 bits per heavy atom. The molecule has 0 bridgehead atoms. The van der Waals surface area contributed by atoms with Crippen LogP contribution in [0.15, 0.2) is 18.2 Å². The van der Waals surface area contributed by atoms with Crippen LogP contribution in [0.2, 0.25) is 0 Å². The molecule has 0 saturated heterocycles. The molecule has 0 heterocycles. The van der Waals surface area contributed by atoms with E-state index < -0.39 is 0 Å². The van der Waals surface area contributed by atoms with Gasteiger partial charge in [-0.2, -0.15) is 0 Å². The fourth-order valence-corrected chi connectivity index (χ4v) is 3.31. The van der Waals surface area contributed by atoms with E-state index in [0.717, 1.165) is 17.2 Å². The van der Waals surface area contributed by atoms with Gasteiger partial charge in [-0.1, -0.05) is 25.8 Å². The van der Waals surface area contributed by atoms with E-state index in [0.29, 0.717) is 5.92 Å². The molecule has 104 valence electrons. The highest BCUT2D eigenvalue weighted by Gasteiger charge is 2.22. The summed E-state index contributed by atoms with van der Waals surface area (Å²) in [6, 6.07) is 6.32. The van der Waals surface area contributed by atoms with Gasteiger partial charge in [0.25, 0.3) is 0 Å². The lowest BCUT2D eigenvalue weighted by molar-refractivity contribution is 0.308. The van der Waals surface area contributed by atoms with Crippen molar-refractivity contribution in [1.29, 1.82) is 5.41 Å². The molecule has 0 atom stereocenters. The highest BCUT2D eigenvalue weighted by atomic mass is 16.5. The Morgan fingerprint density at radius 2 is 2.00 bits per heavy atom. The van der Waals surface area contributed by atoms with Crippen molar-refractivity contribution in [3.05, 3.63) is 29.3 Å². The lowest BCUT2D eigenvalue weighted by Gasteiger charge is -2.29. The first-order chi connectivity index (χ1) is 9.28. The third-order valence-electron chi connectivity index (χ3n) is 4.42. The molecule has 1 aliphatic rings. The zero-order valence-corrected chi connectivity index (χ0v) is 12.1. The van der Waals surface area contributed by atoms with Crippen LogP contribution in [0.3, 0.4) is 0 Å². The number of benzene rings is 1. The van der Waals surface area contributed by atoms with E-state index >= 15 is 0 Å². The number of rotatable bonds is 5. The maximum atomic E-state index is 7.48. The lowest BCUT2D eigenvalue weighted by atomic mass is 9.77. The normalized spacial score (nSPS) is 23.1.